The predicted octanol–water partition coefficient (Wildman–Crippen LogP) is 2.71. The van der Waals surface area contributed by atoms with Gasteiger partial charge >= 0.3 is 11.9 Å². The van der Waals surface area contributed by atoms with Gasteiger partial charge in [-0.1, -0.05) is 0 Å². The lowest BCUT2D eigenvalue weighted by Crippen LogP contribution is -2.15. The number of benzene rings is 2. The summed E-state index contributed by atoms with van der Waals surface area (Å²) in [4.78, 5) is 40.2. The van der Waals surface area contributed by atoms with Crippen molar-refractivity contribution in [1.82, 2.24) is 4.98 Å². The molecule has 0 saturated heterocycles. The summed E-state index contributed by atoms with van der Waals surface area (Å²) in [6, 6.07) is 12.2. The third-order valence-corrected chi connectivity index (χ3v) is 5.79. The number of ether oxygens (including phenoxy) is 2. The number of carbonyl (C=O) groups is 3. The Balaban J connectivity index is 1.81. The van der Waals surface area contributed by atoms with Gasteiger partial charge in [0, 0.05) is 23.6 Å². The van der Waals surface area contributed by atoms with Crippen LogP contribution in [0.4, 0.5) is 11.4 Å². The van der Waals surface area contributed by atoms with Crippen molar-refractivity contribution < 1.29 is 32.3 Å². The van der Waals surface area contributed by atoms with E-state index in [1.165, 1.54) is 81.2 Å². The maximum Gasteiger partial charge on any atom is 0.337 e. The van der Waals surface area contributed by atoms with Crippen LogP contribution >= 0.6 is 0 Å². The predicted molar refractivity (Wildman–Crippen MR) is 119 cm³/mol. The summed E-state index contributed by atoms with van der Waals surface area (Å²) in [6.45, 7) is 0. The molecule has 0 bridgehead atoms. The number of esters is 2. The fourth-order valence-corrected chi connectivity index (χ4v) is 3.85. The number of anilines is 2. The number of pyridine rings is 1. The van der Waals surface area contributed by atoms with Crippen LogP contribution in [0.3, 0.4) is 0 Å². The van der Waals surface area contributed by atoms with Crippen LogP contribution in [0.2, 0.25) is 0 Å². The largest absolute Gasteiger partial charge is 0.465 e. The number of sulfonamides is 1. The van der Waals surface area contributed by atoms with Crippen molar-refractivity contribution in [2.75, 3.05) is 24.3 Å². The van der Waals surface area contributed by atoms with Gasteiger partial charge in [-0.05, 0) is 54.6 Å². The summed E-state index contributed by atoms with van der Waals surface area (Å²) in [6.07, 6.45) is 2.90. The van der Waals surface area contributed by atoms with Gasteiger partial charge in [0.25, 0.3) is 15.9 Å². The van der Waals surface area contributed by atoms with Crippen molar-refractivity contribution in [1.29, 1.82) is 0 Å². The first kappa shape index (κ1) is 23.4. The molecule has 11 heteroatoms. The molecule has 0 saturated carbocycles. The average Bonchev–Trinajstić information content (AvgIpc) is 2.83. The van der Waals surface area contributed by atoms with Gasteiger partial charge in [0.15, 0.2) is 0 Å². The molecule has 0 aliphatic heterocycles. The SMILES string of the molecule is COC(=O)c1cc(NC(=O)c2ccc(S(=O)(=O)Nc3ccncc3)cc2)cc(C(=O)OC)c1. The van der Waals surface area contributed by atoms with Crippen molar-refractivity contribution in [3.05, 3.63) is 83.7 Å². The number of carbonyl (C=O) groups excluding carboxylic acids is 3. The Morgan fingerprint density at radius 1 is 0.758 bits per heavy atom. The van der Waals surface area contributed by atoms with Crippen molar-refractivity contribution >= 4 is 39.2 Å². The highest BCUT2D eigenvalue weighted by molar-refractivity contribution is 7.92. The summed E-state index contributed by atoms with van der Waals surface area (Å²) in [5.41, 5.74) is 0.734. The number of aromatic nitrogens is 1. The summed E-state index contributed by atoms with van der Waals surface area (Å²) >= 11 is 0. The Morgan fingerprint density at radius 2 is 1.30 bits per heavy atom. The molecule has 2 N–H and O–H groups in total. The van der Waals surface area contributed by atoms with Crippen LogP contribution in [-0.4, -0.2) is 45.5 Å². The van der Waals surface area contributed by atoms with Crippen LogP contribution in [0.1, 0.15) is 31.1 Å². The number of methoxy groups -OCH3 is 2. The second-order valence-corrected chi connectivity index (χ2v) is 8.28. The topological polar surface area (TPSA) is 141 Å². The molecule has 0 spiro atoms. The van der Waals surface area contributed by atoms with E-state index in [-0.39, 0.29) is 27.3 Å². The van der Waals surface area contributed by atoms with Crippen molar-refractivity contribution in [3.63, 3.8) is 0 Å². The van der Waals surface area contributed by atoms with E-state index >= 15 is 0 Å². The van der Waals surface area contributed by atoms with Crippen LogP contribution in [0.15, 0.2) is 71.9 Å². The van der Waals surface area contributed by atoms with Crippen molar-refractivity contribution in [3.8, 4) is 0 Å². The Labute approximate surface area is 189 Å². The van der Waals surface area contributed by atoms with E-state index in [4.69, 9.17) is 0 Å². The zero-order chi connectivity index (χ0) is 24.0. The fourth-order valence-electron chi connectivity index (χ4n) is 2.79. The van der Waals surface area contributed by atoms with Gasteiger partial charge in [0.2, 0.25) is 0 Å². The molecule has 0 atom stereocenters. The van der Waals surface area contributed by atoms with Gasteiger partial charge in [-0.3, -0.25) is 14.5 Å². The molecule has 1 amide bonds. The van der Waals surface area contributed by atoms with Crippen LogP contribution in [0.25, 0.3) is 0 Å². The first-order chi connectivity index (χ1) is 15.7. The van der Waals surface area contributed by atoms with Crippen molar-refractivity contribution in [2.45, 2.75) is 4.90 Å². The molecule has 0 radical (unpaired) electrons. The van der Waals surface area contributed by atoms with E-state index < -0.39 is 27.9 Å². The molecule has 0 fully saturated rings. The fraction of sp³-hybridized carbons (Fsp3) is 0.0909. The number of nitrogens with one attached hydrogen (secondary N) is 2. The molecule has 0 unspecified atom stereocenters. The lowest BCUT2D eigenvalue weighted by atomic mass is 10.1. The van der Waals surface area contributed by atoms with Crippen LogP contribution < -0.4 is 10.0 Å². The lowest BCUT2D eigenvalue weighted by molar-refractivity contribution is 0.0598. The molecule has 170 valence electrons. The summed E-state index contributed by atoms with van der Waals surface area (Å²) in [5.74, 6) is -1.99. The minimum absolute atomic E-state index is 0.0410. The molecule has 0 aliphatic carbocycles. The Bertz CT molecular complexity index is 1260. The summed E-state index contributed by atoms with van der Waals surface area (Å²) in [7, 11) is -1.49. The number of amides is 1. The molecule has 1 heterocycles. The van der Waals surface area contributed by atoms with Gasteiger partial charge in [0.1, 0.15) is 0 Å². The number of hydrogen-bond donors (Lipinski definition) is 2. The molecule has 1 aromatic heterocycles. The zero-order valence-corrected chi connectivity index (χ0v) is 18.4. The maximum atomic E-state index is 12.7. The molecule has 33 heavy (non-hydrogen) atoms. The Morgan fingerprint density at radius 3 is 1.82 bits per heavy atom. The standard InChI is InChI=1S/C22H19N3O7S/c1-31-21(27)15-11-16(22(28)32-2)13-18(12-15)24-20(26)14-3-5-19(6-4-14)33(29,30)25-17-7-9-23-10-8-17/h3-13H,1-2H3,(H,23,25)(H,24,26). The molecule has 3 aromatic rings. The van der Waals surface area contributed by atoms with Crippen molar-refractivity contribution in [2.24, 2.45) is 0 Å². The van der Waals surface area contributed by atoms with Gasteiger partial charge < -0.3 is 14.8 Å². The molecular weight excluding hydrogens is 450 g/mol. The number of nitrogens with zero attached hydrogens (tertiary/aromatic N) is 1. The van der Waals surface area contributed by atoms with E-state index in [1.54, 1.807) is 0 Å². The Kier molecular flexibility index (Phi) is 7.04. The highest BCUT2D eigenvalue weighted by Gasteiger charge is 2.17. The van der Waals surface area contributed by atoms with E-state index in [2.05, 4.69) is 24.5 Å². The van der Waals surface area contributed by atoms with Gasteiger partial charge in [-0.2, -0.15) is 0 Å². The van der Waals surface area contributed by atoms with E-state index in [1.807, 2.05) is 0 Å². The van der Waals surface area contributed by atoms with Crippen LogP contribution in [-0.2, 0) is 19.5 Å². The molecule has 0 aliphatic rings. The summed E-state index contributed by atoms with van der Waals surface area (Å²) in [5, 5.41) is 2.57. The maximum absolute atomic E-state index is 12.7. The van der Waals surface area contributed by atoms with E-state index in [0.717, 1.165) is 0 Å². The third-order valence-electron chi connectivity index (χ3n) is 4.39. The van der Waals surface area contributed by atoms with Crippen LogP contribution in [0.5, 0.6) is 0 Å². The highest BCUT2D eigenvalue weighted by atomic mass is 32.2. The quantitative estimate of drug-likeness (QED) is 0.503. The van der Waals surface area contributed by atoms with Gasteiger partial charge in [0.05, 0.1) is 35.9 Å². The molecule has 10 nitrogen and oxygen atoms in total. The molecule has 2 aromatic carbocycles. The van der Waals surface area contributed by atoms with Gasteiger partial charge in [-0.15, -0.1) is 0 Å². The van der Waals surface area contributed by atoms with E-state index in [0.29, 0.717) is 5.69 Å². The van der Waals surface area contributed by atoms with Gasteiger partial charge in [-0.25, -0.2) is 18.0 Å². The smallest absolute Gasteiger partial charge is 0.337 e. The second-order valence-electron chi connectivity index (χ2n) is 6.60. The minimum atomic E-state index is -3.86. The normalized spacial score (nSPS) is 10.7. The average molecular weight is 469 g/mol. The Hall–Kier alpha value is -4.25. The molecular formula is C22H19N3O7S. The monoisotopic (exact) mass is 469 g/mol. The van der Waals surface area contributed by atoms with E-state index in [9.17, 15) is 22.8 Å². The minimum Gasteiger partial charge on any atom is -0.465 e. The molecule has 3 rings (SSSR count). The lowest BCUT2D eigenvalue weighted by Gasteiger charge is -2.11. The second kappa shape index (κ2) is 9.92. The number of hydrogen-bond acceptors (Lipinski definition) is 8. The zero-order valence-electron chi connectivity index (χ0n) is 17.6. The highest BCUT2D eigenvalue weighted by Crippen LogP contribution is 2.20. The number of rotatable bonds is 7. The summed E-state index contributed by atoms with van der Waals surface area (Å²) < 4.78 is 36.8. The third kappa shape index (κ3) is 5.71. The first-order valence-corrected chi connectivity index (χ1v) is 10.9. The van der Waals surface area contributed by atoms with Crippen LogP contribution in [0, 0.1) is 0 Å². The first-order valence-electron chi connectivity index (χ1n) is 9.39.